The van der Waals surface area contributed by atoms with Crippen molar-refractivity contribution in [1.82, 2.24) is 10.2 Å². The summed E-state index contributed by atoms with van der Waals surface area (Å²) in [6, 6.07) is 12.6. The predicted molar refractivity (Wildman–Crippen MR) is 98.2 cm³/mol. The van der Waals surface area contributed by atoms with Crippen molar-refractivity contribution in [2.24, 2.45) is 0 Å². The zero-order chi connectivity index (χ0) is 17.7. The number of rotatable bonds is 6. The van der Waals surface area contributed by atoms with E-state index in [1.807, 2.05) is 43.3 Å². The summed E-state index contributed by atoms with van der Waals surface area (Å²) in [6.45, 7) is 0.432. The van der Waals surface area contributed by atoms with E-state index in [-0.39, 0.29) is 11.9 Å². The van der Waals surface area contributed by atoms with Crippen LogP contribution in [-0.4, -0.2) is 38.6 Å². The summed E-state index contributed by atoms with van der Waals surface area (Å²) in [5, 5.41) is 3.77. The second-order valence-corrected chi connectivity index (χ2v) is 6.43. The predicted octanol–water partition coefficient (Wildman–Crippen LogP) is 4.03. The molecular formula is C18H20Cl2N2O2. The maximum atomic E-state index is 12.4. The molecule has 0 heterocycles. The van der Waals surface area contributed by atoms with Crippen LogP contribution in [-0.2, 0) is 0 Å². The summed E-state index contributed by atoms with van der Waals surface area (Å²) in [5.41, 5.74) is 1.42. The highest BCUT2D eigenvalue weighted by Crippen LogP contribution is 2.23. The molecule has 2 rings (SSSR count). The number of likely N-dealkylation sites (N-methyl/N-ethyl adjacent to an activating group) is 1. The quantitative estimate of drug-likeness (QED) is 0.838. The van der Waals surface area contributed by atoms with Crippen molar-refractivity contribution in [3.63, 3.8) is 0 Å². The van der Waals surface area contributed by atoms with Crippen molar-refractivity contribution in [2.45, 2.75) is 6.04 Å². The van der Waals surface area contributed by atoms with Gasteiger partial charge in [0.1, 0.15) is 5.75 Å². The van der Waals surface area contributed by atoms with Crippen LogP contribution in [0, 0.1) is 0 Å². The monoisotopic (exact) mass is 366 g/mol. The lowest BCUT2D eigenvalue weighted by Crippen LogP contribution is -2.34. The molecule has 0 aliphatic rings. The van der Waals surface area contributed by atoms with Crippen LogP contribution in [0.5, 0.6) is 5.75 Å². The molecule has 6 heteroatoms. The van der Waals surface area contributed by atoms with Gasteiger partial charge in [-0.3, -0.25) is 4.79 Å². The number of nitrogens with zero attached hydrogens (tertiary/aromatic N) is 1. The van der Waals surface area contributed by atoms with Gasteiger partial charge >= 0.3 is 0 Å². The average Bonchev–Trinajstić information content (AvgIpc) is 2.57. The van der Waals surface area contributed by atoms with Gasteiger partial charge in [0.15, 0.2) is 0 Å². The number of ether oxygens (including phenoxy) is 1. The van der Waals surface area contributed by atoms with Crippen LogP contribution in [0.15, 0.2) is 42.5 Å². The van der Waals surface area contributed by atoms with Crippen LogP contribution in [0.1, 0.15) is 22.0 Å². The van der Waals surface area contributed by atoms with Gasteiger partial charge < -0.3 is 15.0 Å². The standard InChI is InChI=1S/C18H20Cl2N2O2/c1-22(2)17(12-5-4-6-14(9-12)24-3)11-21-18(23)15-10-13(19)7-8-16(15)20/h4-10,17H,11H2,1-3H3,(H,21,23). The maximum absolute atomic E-state index is 12.4. The third-order valence-corrected chi connectivity index (χ3v) is 4.30. The van der Waals surface area contributed by atoms with E-state index < -0.39 is 0 Å². The minimum absolute atomic E-state index is 0.00186. The summed E-state index contributed by atoms with van der Waals surface area (Å²) in [7, 11) is 5.55. The molecule has 0 bridgehead atoms. The lowest BCUT2D eigenvalue weighted by atomic mass is 10.1. The molecule has 1 atom stereocenters. The molecule has 2 aromatic rings. The zero-order valence-electron chi connectivity index (χ0n) is 13.8. The highest BCUT2D eigenvalue weighted by Gasteiger charge is 2.18. The number of halogens is 2. The Bertz CT molecular complexity index is 720. The fraction of sp³-hybridized carbons (Fsp3) is 0.278. The van der Waals surface area contributed by atoms with Crippen molar-refractivity contribution >= 4 is 29.1 Å². The number of hydrogen-bond donors (Lipinski definition) is 1. The molecule has 0 saturated heterocycles. The van der Waals surface area contributed by atoms with E-state index in [1.165, 1.54) is 0 Å². The molecule has 1 amide bonds. The van der Waals surface area contributed by atoms with Gasteiger partial charge in [-0.15, -0.1) is 0 Å². The highest BCUT2D eigenvalue weighted by molar-refractivity contribution is 6.35. The molecular weight excluding hydrogens is 347 g/mol. The topological polar surface area (TPSA) is 41.6 Å². The first-order valence-electron chi connectivity index (χ1n) is 7.46. The van der Waals surface area contributed by atoms with E-state index in [2.05, 4.69) is 5.32 Å². The van der Waals surface area contributed by atoms with Crippen LogP contribution >= 0.6 is 23.2 Å². The summed E-state index contributed by atoms with van der Waals surface area (Å²) < 4.78 is 5.27. The number of hydrogen-bond acceptors (Lipinski definition) is 3. The molecule has 1 unspecified atom stereocenters. The Morgan fingerprint density at radius 3 is 2.62 bits per heavy atom. The molecule has 24 heavy (non-hydrogen) atoms. The number of benzene rings is 2. The van der Waals surface area contributed by atoms with Gasteiger partial charge in [-0.1, -0.05) is 35.3 Å². The van der Waals surface area contributed by atoms with Crippen LogP contribution < -0.4 is 10.1 Å². The van der Waals surface area contributed by atoms with E-state index in [0.29, 0.717) is 22.2 Å². The molecule has 0 radical (unpaired) electrons. The van der Waals surface area contributed by atoms with Crippen LogP contribution in [0.2, 0.25) is 10.0 Å². The first kappa shape index (κ1) is 18.6. The van der Waals surface area contributed by atoms with Gasteiger partial charge in [0, 0.05) is 11.6 Å². The number of carbonyl (C=O) groups is 1. The van der Waals surface area contributed by atoms with E-state index in [9.17, 15) is 4.79 Å². The lowest BCUT2D eigenvalue weighted by Gasteiger charge is -2.25. The Hall–Kier alpha value is -1.75. The van der Waals surface area contributed by atoms with Crippen molar-refractivity contribution in [3.8, 4) is 5.75 Å². The van der Waals surface area contributed by atoms with Crippen LogP contribution in [0.25, 0.3) is 0 Å². The largest absolute Gasteiger partial charge is 0.497 e. The van der Waals surface area contributed by atoms with Gasteiger partial charge in [-0.25, -0.2) is 0 Å². The minimum Gasteiger partial charge on any atom is -0.497 e. The molecule has 0 saturated carbocycles. The average molecular weight is 367 g/mol. The van der Waals surface area contributed by atoms with E-state index in [0.717, 1.165) is 11.3 Å². The molecule has 128 valence electrons. The molecule has 2 aromatic carbocycles. The Kier molecular flexibility index (Phi) is 6.49. The van der Waals surface area contributed by atoms with Crippen molar-refractivity contribution < 1.29 is 9.53 Å². The molecule has 4 nitrogen and oxygen atoms in total. The third kappa shape index (κ3) is 4.63. The van der Waals surface area contributed by atoms with Crippen LogP contribution in [0.3, 0.4) is 0 Å². The second-order valence-electron chi connectivity index (χ2n) is 5.59. The Morgan fingerprint density at radius 1 is 1.21 bits per heavy atom. The van der Waals surface area contributed by atoms with E-state index >= 15 is 0 Å². The van der Waals surface area contributed by atoms with Crippen molar-refractivity contribution in [2.75, 3.05) is 27.7 Å². The van der Waals surface area contributed by atoms with Crippen molar-refractivity contribution in [3.05, 3.63) is 63.6 Å². The Balaban J connectivity index is 2.14. The number of nitrogens with one attached hydrogen (secondary N) is 1. The lowest BCUT2D eigenvalue weighted by molar-refractivity contribution is 0.0942. The fourth-order valence-electron chi connectivity index (χ4n) is 2.40. The van der Waals surface area contributed by atoms with Gasteiger partial charge in [0.2, 0.25) is 0 Å². The highest BCUT2D eigenvalue weighted by atomic mass is 35.5. The van der Waals surface area contributed by atoms with E-state index in [4.69, 9.17) is 27.9 Å². The van der Waals surface area contributed by atoms with Gasteiger partial charge in [-0.05, 0) is 50.0 Å². The first-order valence-corrected chi connectivity index (χ1v) is 8.21. The number of amides is 1. The van der Waals surface area contributed by atoms with Gasteiger partial charge in [-0.2, -0.15) is 0 Å². The van der Waals surface area contributed by atoms with E-state index in [1.54, 1.807) is 25.3 Å². The van der Waals surface area contributed by atoms with Crippen LogP contribution in [0.4, 0.5) is 0 Å². The van der Waals surface area contributed by atoms with Gasteiger partial charge in [0.05, 0.1) is 23.7 Å². The molecule has 0 aromatic heterocycles. The SMILES string of the molecule is COc1cccc(C(CNC(=O)c2cc(Cl)ccc2Cl)N(C)C)c1. The summed E-state index contributed by atoms with van der Waals surface area (Å²) >= 11 is 12.0. The fourth-order valence-corrected chi connectivity index (χ4v) is 2.78. The summed E-state index contributed by atoms with van der Waals surface area (Å²) in [5.74, 6) is 0.529. The number of methoxy groups -OCH3 is 1. The molecule has 1 N–H and O–H groups in total. The molecule has 0 fully saturated rings. The minimum atomic E-state index is -0.253. The smallest absolute Gasteiger partial charge is 0.252 e. The zero-order valence-corrected chi connectivity index (χ0v) is 15.4. The summed E-state index contributed by atoms with van der Waals surface area (Å²) in [4.78, 5) is 14.4. The Morgan fingerprint density at radius 2 is 1.96 bits per heavy atom. The van der Waals surface area contributed by atoms with Gasteiger partial charge in [0.25, 0.3) is 5.91 Å². The molecule has 0 spiro atoms. The van der Waals surface area contributed by atoms with Crippen molar-refractivity contribution in [1.29, 1.82) is 0 Å². The first-order chi connectivity index (χ1) is 11.4. The normalized spacial score (nSPS) is 12.1. The third-order valence-electron chi connectivity index (χ3n) is 3.73. The molecule has 0 aliphatic carbocycles. The summed E-state index contributed by atoms with van der Waals surface area (Å²) in [6.07, 6.45) is 0. The number of carbonyl (C=O) groups excluding carboxylic acids is 1. The maximum Gasteiger partial charge on any atom is 0.252 e. The second kappa shape index (κ2) is 8.38. The molecule has 0 aliphatic heterocycles. The Labute approximate surface area is 152 Å².